The zero-order chi connectivity index (χ0) is 20.2. The van der Waals surface area contributed by atoms with Gasteiger partial charge >= 0.3 is 0 Å². The molecule has 0 bridgehead atoms. The molecule has 2 aromatic rings. The number of hydrogen-bond acceptors (Lipinski definition) is 6. The van der Waals surface area contributed by atoms with Gasteiger partial charge in [-0.1, -0.05) is 26.8 Å². The average molecular weight is 368 g/mol. The number of nitrogen functional groups attached to an aromatic ring is 1. The Bertz CT molecular complexity index is 901. The third-order valence-corrected chi connectivity index (χ3v) is 4.58. The van der Waals surface area contributed by atoms with Gasteiger partial charge in [0, 0.05) is 16.7 Å². The third kappa shape index (κ3) is 4.29. The number of carbonyl (C=O) groups excluding carboxylic acids is 1. The van der Waals surface area contributed by atoms with Gasteiger partial charge in [-0.25, -0.2) is 4.98 Å². The molecule has 27 heavy (non-hydrogen) atoms. The molecule has 0 saturated heterocycles. The molecular weight excluding hydrogens is 344 g/mol. The summed E-state index contributed by atoms with van der Waals surface area (Å²) in [6.07, 6.45) is 0.869. The number of anilines is 1. The molecule has 0 spiro atoms. The van der Waals surface area contributed by atoms with E-state index in [0.717, 1.165) is 17.7 Å². The minimum Gasteiger partial charge on any atom is -0.493 e. The van der Waals surface area contributed by atoms with Gasteiger partial charge in [0.25, 0.3) is 5.91 Å². The van der Waals surface area contributed by atoms with Crippen LogP contribution in [0.2, 0.25) is 0 Å². The fourth-order valence-corrected chi connectivity index (χ4v) is 2.54. The van der Waals surface area contributed by atoms with Gasteiger partial charge in [0.15, 0.2) is 18.1 Å². The Morgan fingerprint density at radius 3 is 2.56 bits per heavy atom. The van der Waals surface area contributed by atoms with Crippen LogP contribution < -0.4 is 20.9 Å². The van der Waals surface area contributed by atoms with Crippen molar-refractivity contribution in [2.24, 2.45) is 5.73 Å². The second kappa shape index (κ2) is 7.96. The van der Waals surface area contributed by atoms with E-state index < -0.39 is 5.91 Å². The second-order valence-corrected chi connectivity index (χ2v) is 6.79. The van der Waals surface area contributed by atoms with Crippen molar-refractivity contribution in [2.75, 3.05) is 19.5 Å². The van der Waals surface area contributed by atoms with Crippen LogP contribution in [0.5, 0.6) is 11.5 Å². The minimum absolute atomic E-state index is 0.189. The summed E-state index contributed by atoms with van der Waals surface area (Å²) in [6.45, 7) is 5.97. The van der Waals surface area contributed by atoms with Crippen LogP contribution in [0, 0.1) is 11.3 Å². The molecule has 1 amide bonds. The molecule has 4 N–H and O–H groups in total. The Morgan fingerprint density at radius 2 is 2.00 bits per heavy atom. The van der Waals surface area contributed by atoms with Crippen LogP contribution in [0.25, 0.3) is 11.1 Å². The maximum absolute atomic E-state index is 10.9. The number of aromatic nitrogens is 1. The molecule has 0 fully saturated rings. The normalized spacial score (nSPS) is 10.9. The number of pyridine rings is 1. The summed E-state index contributed by atoms with van der Waals surface area (Å²) in [6, 6.07) is 9.19. The van der Waals surface area contributed by atoms with E-state index in [1.165, 1.54) is 7.11 Å². The molecule has 0 unspecified atom stereocenters. The third-order valence-electron chi connectivity index (χ3n) is 4.58. The Morgan fingerprint density at radius 1 is 1.30 bits per heavy atom. The highest BCUT2D eigenvalue weighted by atomic mass is 16.5. The largest absolute Gasteiger partial charge is 0.493 e. The van der Waals surface area contributed by atoms with E-state index in [9.17, 15) is 10.1 Å². The molecule has 1 aromatic carbocycles. The number of nitrogens with zero attached hydrogens (tertiary/aromatic N) is 2. The summed E-state index contributed by atoms with van der Waals surface area (Å²) >= 11 is 0. The molecule has 1 aromatic heterocycles. The Labute approximate surface area is 158 Å². The summed E-state index contributed by atoms with van der Waals surface area (Å²) < 4.78 is 10.7. The first kappa shape index (κ1) is 20.0. The first-order valence-electron chi connectivity index (χ1n) is 8.54. The van der Waals surface area contributed by atoms with Crippen molar-refractivity contribution >= 4 is 11.7 Å². The Balaban J connectivity index is 2.60. The quantitative estimate of drug-likeness (QED) is 0.774. The second-order valence-electron chi connectivity index (χ2n) is 6.79. The van der Waals surface area contributed by atoms with E-state index in [2.05, 4.69) is 31.8 Å². The van der Waals surface area contributed by atoms with Crippen molar-refractivity contribution in [3.63, 3.8) is 0 Å². The van der Waals surface area contributed by atoms with Crippen molar-refractivity contribution in [1.29, 1.82) is 5.26 Å². The topological polar surface area (TPSA) is 124 Å². The molecule has 0 aliphatic heterocycles. The lowest BCUT2D eigenvalue weighted by Gasteiger charge is -2.24. The summed E-state index contributed by atoms with van der Waals surface area (Å²) in [5.41, 5.74) is 13.5. The van der Waals surface area contributed by atoms with E-state index in [4.69, 9.17) is 20.9 Å². The van der Waals surface area contributed by atoms with Crippen LogP contribution in [-0.2, 0) is 10.2 Å². The predicted molar refractivity (Wildman–Crippen MR) is 103 cm³/mol. The van der Waals surface area contributed by atoms with Gasteiger partial charge in [0.2, 0.25) is 0 Å². The van der Waals surface area contributed by atoms with Crippen LogP contribution in [0.4, 0.5) is 5.82 Å². The smallest absolute Gasteiger partial charge is 0.255 e. The molecular formula is C20H24N4O3. The lowest BCUT2D eigenvalue weighted by molar-refractivity contribution is -0.119. The van der Waals surface area contributed by atoms with Crippen LogP contribution in [0.1, 0.15) is 38.4 Å². The molecule has 1 heterocycles. The number of hydrogen-bond donors (Lipinski definition) is 2. The van der Waals surface area contributed by atoms with Gasteiger partial charge in [-0.2, -0.15) is 5.26 Å². The zero-order valence-electron chi connectivity index (χ0n) is 16.0. The molecule has 0 aliphatic rings. The molecule has 7 nitrogen and oxygen atoms in total. The number of ether oxygens (including phenoxy) is 2. The van der Waals surface area contributed by atoms with Gasteiger partial charge in [0.05, 0.1) is 7.11 Å². The number of methoxy groups -OCH3 is 1. The highest BCUT2D eigenvalue weighted by Gasteiger charge is 2.23. The number of nitrogens with two attached hydrogens (primary N) is 2. The number of benzene rings is 1. The van der Waals surface area contributed by atoms with Crippen molar-refractivity contribution in [2.45, 2.75) is 32.6 Å². The van der Waals surface area contributed by atoms with Crippen LogP contribution in [0.3, 0.4) is 0 Å². The SMILES string of the molecule is CCC(C)(C)c1cc(-c2ccc(OCC(N)=O)c(OC)c2)c(C#N)c(N)n1. The van der Waals surface area contributed by atoms with Crippen molar-refractivity contribution in [3.8, 4) is 28.7 Å². The van der Waals surface area contributed by atoms with Gasteiger partial charge in [-0.05, 0) is 30.2 Å². The van der Waals surface area contributed by atoms with Crippen LogP contribution >= 0.6 is 0 Å². The number of nitriles is 1. The van der Waals surface area contributed by atoms with E-state index in [1.54, 1.807) is 18.2 Å². The number of amides is 1. The molecule has 0 saturated carbocycles. The highest BCUT2D eigenvalue weighted by Crippen LogP contribution is 2.37. The first-order chi connectivity index (χ1) is 12.7. The van der Waals surface area contributed by atoms with E-state index in [0.29, 0.717) is 22.6 Å². The zero-order valence-corrected chi connectivity index (χ0v) is 16.0. The average Bonchev–Trinajstić information content (AvgIpc) is 2.65. The summed E-state index contributed by atoms with van der Waals surface area (Å²) in [4.78, 5) is 15.4. The lowest BCUT2D eigenvalue weighted by Crippen LogP contribution is -2.20. The van der Waals surface area contributed by atoms with Gasteiger partial charge in [-0.15, -0.1) is 0 Å². The van der Waals surface area contributed by atoms with Crippen molar-refractivity contribution < 1.29 is 14.3 Å². The fraction of sp³-hybridized carbons (Fsp3) is 0.350. The van der Waals surface area contributed by atoms with E-state index in [1.807, 2.05) is 6.07 Å². The summed E-state index contributed by atoms with van der Waals surface area (Å²) in [5, 5.41) is 9.56. The lowest BCUT2D eigenvalue weighted by atomic mass is 9.84. The maximum Gasteiger partial charge on any atom is 0.255 e. The molecule has 142 valence electrons. The molecule has 2 rings (SSSR count). The Kier molecular flexibility index (Phi) is 5.91. The number of rotatable bonds is 7. The first-order valence-corrected chi connectivity index (χ1v) is 8.54. The monoisotopic (exact) mass is 368 g/mol. The van der Waals surface area contributed by atoms with Gasteiger partial charge in [-0.3, -0.25) is 4.79 Å². The summed E-state index contributed by atoms with van der Waals surface area (Å²) in [7, 11) is 1.49. The van der Waals surface area contributed by atoms with E-state index in [-0.39, 0.29) is 17.8 Å². The van der Waals surface area contributed by atoms with Crippen LogP contribution in [-0.4, -0.2) is 24.6 Å². The number of primary amides is 1. The molecule has 7 heteroatoms. The van der Waals surface area contributed by atoms with Crippen molar-refractivity contribution in [1.82, 2.24) is 4.98 Å². The standard InChI is InChI=1S/C20H24N4O3/c1-5-20(2,3)17-9-13(14(10-21)19(23)24-17)12-6-7-15(16(8-12)26-4)27-11-18(22)25/h6-9H,5,11H2,1-4H3,(H2,22,25)(H2,23,24). The highest BCUT2D eigenvalue weighted by molar-refractivity contribution is 5.78. The van der Waals surface area contributed by atoms with Gasteiger partial charge < -0.3 is 20.9 Å². The molecule has 0 aliphatic carbocycles. The Hall–Kier alpha value is -3.27. The fourth-order valence-electron chi connectivity index (χ4n) is 2.54. The van der Waals surface area contributed by atoms with E-state index >= 15 is 0 Å². The van der Waals surface area contributed by atoms with Crippen LogP contribution in [0.15, 0.2) is 24.3 Å². The predicted octanol–water partition coefficient (Wildman–Crippen LogP) is 2.76. The summed E-state index contributed by atoms with van der Waals surface area (Å²) in [5.74, 6) is 0.416. The molecule has 0 radical (unpaired) electrons. The molecule has 0 atom stereocenters. The van der Waals surface area contributed by atoms with Crippen molar-refractivity contribution in [3.05, 3.63) is 35.5 Å². The van der Waals surface area contributed by atoms with Gasteiger partial charge in [0.1, 0.15) is 17.5 Å². The number of carbonyl (C=O) groups is 1. The maximum atomic E-state index is 10.9. The minimum atomic E-state index is -0.582.